The molecule has 1 aromatic heterocycles. The van der Waals surface area contributed by atoms with Gasteiger partial charge in [-0.2, -0.15) is 0 Å². The Kier molecular flexibility index (Phi) is 23.1. The van der Waals surface area contributed by atoms with E-state index in [0.29, 0.717) is 62.1 Å². The second-order valence-electron chi connectivity index (χ2n) is 16.6. The fraction of sp³-hybridized carbons (Fsp3) is 0.389. The first-order valence-corrected chi connectivity index (χ1v) is 24.6. The first-order valence-electron chi connectivity index (χ1n) is 23.6. The lowest BCUT2D eigenvalue weighted by Gasteiger charge is -2.29. The molecule has 3 amide bonds. The Morgan fingerprint density at radius 2 is 1.44 bits per heavy atom. The molecule has 13 nitrogen and oxygen atoms in total. The third kappa shape index (κ3) is 18.6. The molecule has 2 aliphatic rings. The number of nitrogens with zero attached hydrogens (tertiary/aromatic N) is 3. The van der Waals surface area contributed by atoms with E-state index in [1.165, 1.54) is 47.5 Å². The summed E-state index contributed by atoms with van der Waals surface area (Å²) < 4.78 is 15.4. The molecule has 1 aliphatic carbocycles. The van der Waals surface area contributed by atoms with E-state index in [9.17, 15) is 19.2 Å². The lowest BCUT2D eigenvalue weighted by atomic mass is 9.92. The number of pyridine rings is 1. The molecule has 4 aromatic carbocycles. The summed E-state index contributed by atoms with van der Waals surface area (Å²) in [4.78, 5) is 55.3. The van der Waals surface area contributed by atoms with E-state index >= 15 is 0 Å². The van der Waals surface area contributed by atoms with Crippen molar-refractivity contribution in [3.05, 3.63) is 143 Å². The number of primary amides is 1. The summed E-state index contributed by atoms with van der Waals surface area (Å²) in [7, 11) is 1.68. The SMILES string of the molecule is CCc1cccc(SCc2cccc(C(=O)Nc3ccc(N4CCCCC4)cc3-c3cc(C(N)=O)ccn3)c2)c1.CN(C=O)CCOCCOCCOCCC(=O)O.c1ccc2c(c1)CCCC2. The fourth-order valence-corrected chi connectivity index (χ4v) is 8.51. The zero-order valence-corrected chi connectivity index (χ0v) is 40.4. The number of aromatic nitrogens is 1. The van der Waals surface area contributed by atoms with Crippen LogP contribution in [0.4, 0.5) is 11.4 Å². The lowest BCUT2D eigenvalue weighted by molar-refractivity contribution is -0.138. The van der Waals surface area contributed by atoms with Crippen LogP contribution in [-0.2, 0) is 48.8 Å². The number of ether oxygens (including phenoxy) is 3. The highest BCUT2D eigenvalue weighted by Crippen LogP contribution is 2.33. The summed E-state index contributed by atoms with van der Waals surface area (Å²) in [5, 5.41) is 11.4. The average Bonchev–Trinajstić information content (AvgIpc) is 3.38. The van der Waals surface area contributed by atoms with Crippen LogP contribution in [0, 0.1) is 0 Å². The van der Waals surface area contributed by atoms with Crippen LogP contribution in [0.15, 0.2) is 114 Å². The van der Waals surface area contributed by atoms with Gasteiger partial charge in [-0.1, -0.05) is 55.5 Å². The highest BCUT2D eigenvalue weighted by molar-refractivity contribution is 7.98. The molecule has 7 rings (SSSR count). The Bertz CT molecular complexity index is 2330. The highest BCUT2D eigenvalue weighted by Gasteiger charge is 2.18. The average molecular weight is 946 g/mol. The molecule has 0 radical (unpaired) electrons. The van der Waals surface area contributed by atoms with E-state index in [1.54, 1.807) is 48.3 Å². The van der Waals surface area contributed by atoms with E-state index < -0.39 is 11.9 Å². The second kappa shape index (κ2) is 29.6. The summed E-state index contributed by atoms with van der Waals surface area (Å²) in [6, 6.07) is 34.4. The molecule has 362 valence electrons. The standard InChI is InChI=1S/C33H34N4O2S.C11H21NO6.C10H12/c1-2-23-8-7-11-28(19-23)40-22-24-9-6-10-26(18-24)33(39)36-30-13-12-27(37-16-4-3-5-17-37)21-29(30)31-20-25(32(34)38)14-15-35-31;1-12(10-13)3-5-17-7-9-18-8-6-16-4-2-11(14)15;1-2-6-10-8-4-3-7-9(10)5-1/h6-15,18-21H,2-5,16-17,22H2,1H3,(H2,34,38)(H,36,39);10H,2-9H2,1H3,(H,14,15);1-2,5-6H,3-4,7-8H2. The third-order valence-electron chi connectivity index (χ3n) is 11.4. The Morgan fingerprint density at radius 1 is 0.765 bits per heavy atom. The largest absolute Gasteiger partial charge is 0.481 e. The van der Waals surface area contributed by atoms with Crippen molar-refractivity contribution < 1.29 is 38.5 Å². The summed E-state index contributed by atoms with van der Waals surface area (Å²) >= 11 is 1.76. The Hall–Kier alpha value is -6.06. The summed E-state index contributed by atoms with van der Waals surface area (Å²) in [6.45, 7) is 7.08. The maximum Gasteiger partial charge on any atom is 0.305 e. The first-order chi connectivity index (χ1) is 33.1. The Morgan fingerprint density at radius 3 is 2.12 bits per heavy atom. The molecule has 0 bridgehead atoms. The monoisotopic (exact) mass is 945 g/mol. The predicted molar refractivity (Wildman–Crippen MR) is 271 cm³/mol. The number of aryl methyl sites for hydroxylation is 3. The van der Waals surface area contributed by atoms with Gasteiger partial charge < -0.3 is 40.2 Å². The van der Waals surface area contributed by atoms with Gasteiger partial charge in [-0.25, -0.2) is 0 Å². The van der Waals surface area contributed by atoms with Gasteiger partial charge in [0, 0.05) is 65.9 Å². The smallest absolute Gasteiger partial charge is 0.305 e. The van der Waals surface area contributed by atoms with Gasteiger partial charge in [0.15, 0.2) is 0 Å². The molecule has 1 fully saturated rings. The zero-order valence-electron chi connectivity index (χ0n) is 39.5. The number of carboxylic acids is 1. The van der Waals surface area contributed by atoms with E-state index in [-0.39, 0.29) is 18.9 Å². The van der Waals surface area contributed by atoms with Crippen LogP contribution in [0.2, 0.25) is 0 Å². The van der Waals surface area contributed by atoms with Crippen molar-refractivity contribution in [3.63, 3.8) is 0 Å². The van der Waals surface area contributed by atoms with Gasteiger partial charge in [-0.3, -0.25) is 24.2 Å². The topological polar surface area (TPSA) is 174 Å². The van der Waals surface area contributed by atoms with Gasteiger partial charge in [-0.05, 0) is 128 Å². The van der Waals surface area contributed by atoms with Crippen LogP contribution in [0.5, 0.6) is 0 Å². The van der Waals surface area contributed by atoms with Crippen molar-refractivity contribution in [3.8, 4) is 11.3 Å². The molecule has 68 heavy (non-hydrogen) atoms. The van der Waals surface area contributed by atoms with Crippen LogP contribution in [0.3, 0.4) is 0 Å². The van der Waals surface area contributed by atoms with Crippen LogP contribution in [0.1, 0.15) is 88.4 Å². The van der Waals surface area contributed by atoms with Crippen molar-refractivity contribution in [1.82, 2.24) is 9.88 Å². The number of amides is 3. The molecule has 1 saturated heterocycles. The number of carbonyl (C=O) groups excluding carboxylic acids is 3. The molecule has 1 aliphatic heterocycles. The van der Waals surface area contributed by atoms with Crippen molar-refractivity contribution in [2.45, 2.75) is 75.4 Å². The number of fused-ring (bicyclic) bond motifs is 1. The second-order valence-corrected chi connectivity index (χ2v) is 17.6. The van der Waals surface area contributed by atoms with Gasteiger partial charge in [-0.15, -0.1) is 11.8 Å². The number of rotatable bonds is 22. The molecular weight excluding hydrogens is 879 g/mol. The van der Waals surface area contributed by atoms with Gasteiger partial charge >= 0.3 is 5.97 Å². The number of carbonyl (C=O) groups is 4. The Balaban J connectivity index is 0.000000252. The Labute approximate surface area is 405 Å². The van der Waals surface area contributed by atoms with Crippen molar-refractivity contribution in [1.29, 1.82) is 0 Å². The number of hydrogen-bond acceptors (Lipinski definition) is 10. The predicted octanol–water partition coefficient (Wildman–Crippen LogP) is 9.11. The number of nitrogens with two attached hydrogens (primary N) is 1. The molecule has 2 heterocycles. The number of carboxylic acid groups (broad SMARTS) is 1. The molecule has 0 unspecified atom stereocenters. The minimum absolute atomic E-state index is 0.00730. The molecule has 0 atom stereocenters. The molecule has 14 heteroatoms. The van der Waals surface area contributed by atoms with Crippen molar-refractivity contribution in [2.75, 3.05) is 76.5 Å². The first kappa shape index (κ1) is 52.9. The normalized spacial score (nSPS) is 12.9. The van der Waals surface area contributed by atoms with Gasteiger partial charge in [0.2, 0.25) is 12.3 Å². The van der Waals surface area contributed by atoms with Gasteiger partial charge in [0.1, 0.15) is 0 Å². The maximum absolute atomic E-state index is 13.4. The van der Waals surface area contributed by atoms with E-state index in [1.807, 2.05) is 42.5 Å². The molecule has 0 saturated carbocycles. The van der Waals surface area contributed by atoms with E-state index in [4.69, 9.17) is 25.1 Å². The quantitative estimate of drug-likeness (QED) is 0.0343. The minimum Gasteiger partial charge on any atom is -0.481 e. The molecule has 4 N–H and O–H groups in total. The van der Waals surface area contributed by atoms with E-state index in [2.05, 4.69) is 70.7 Å². The number of aliphatic carboxylic acids is 1. The van der Waals surface area contributed by atoms with Crippen LogP contribution < -0.4 is 16.0 Å². The summed E-state index contributed by atoms with van der Waals surface area (Å²) in [6.07, 6.45) is 12.3. The highest BCUT2D eigenvalue weighted by atomic mass is 32.2. The number of benzene rings is 4. The minimum atomic E-state index is -0.871. The number of thioether (sulfide) groups is 1. The number of hydrogen-bond donors (Lipinski definition) is 3. The van der Waals surface area contributed by atoms with Gasteiger partial charge in [0.25, 0.3) is 5.91 Å². The lowest BCUT2D eigenvalue weighted by Crippen LogP contribution is -2.29. The summed E-state index contributed by atoms with van der Waals surface area (Å²) in [5.74, 6) is -0.812. The molecular formula is C54H67N5O8S. The molecule has 5 aromatic rings. The number of anilines is 2. The number of nitrogens with one attached hydrogen (secondary N) is 1. The van der Waals surface area contributed by atoms with Crippen molar-refractivity contribution >= 4 is 47.3 Å². The number of piperidine rings is 1. The maximum atomic E-state index is 13.4. The summed E-state index contributed by atoms with van der Waals surface area (Å²) in [5.41, 5.74) is 15.1. The van der Waals surface area contributed by atoms with Gasteiger partial charge in [0.05, 0.1) is 57.4 Å². The zero-order chi connectivity index (χ0) is 48.4. The molecule has 0 spiro atoms. The van der Waals surface area contributed by atoms with Crippen molar-refractivity contribution in [2.24, 2.45) is 5.73 Å². The van der Waals surface area contributed by atoms with Crippen LogP contribution >= 0.6 is 11.8 Å². The van der Waals surface area contributed by atoms with Crippen LogP contribution in [-0.4, -0.2) is 106 Å². The number of likely N-dealkylation sites (N-methyl/N-ethyl adjacent to an activating group) is 1. The third-order valence-corrected chi connectivity index (χ3v) is 12.5. The van der Waals surface area contributed by atoms with Crippen LogP contribution in [0.25, 0.3) is 11.3 Å². The van der Waals surface area contributed by atoms with E-state index in [0.717, 1.165) is 61.3 Å². The fourth-order valence-electron chi connectivity index (χ4n) is 7.59.